The Kier molecular flexibility index (Phi) is 5.72. The Bertz CT molecular complexity index is 638. The molecule has 2 aromatic carbocycles. The average Bonchev–Trinajstić information content (AvgIpc) is 2.54. The first kappa shape index (κ1) is 15.8. The second-order valence-corrected chi connectivity index (χ2v) is 5.03. The summed E-state index contributed by atoms with van der Waals surface area (Å²) in [7, 11) is 0. The Morgan fingerprint density at radius 2 is 1.68 bits per heavy atom. The minimum absolute atomic E-state index is 0.114. The van der Waals surface area contributed by atoms with Gasteiger partial charge in [-0.25, -0.2) is 0 Å². The van der Waals surface area contributed by atoms with Crippen molar-refractivity contribution in [2.24, 2.45) is 0 Å². The van der Waals surface area contributed by atoms with Crippen LogP contribution in [0.4, 0.5) is 0 Å². The Labute approximate surface area is 130 Å². The largest absolute Gasteiger partial charge is 0.460 e. The van der Waals surface area contributed by atoms with Gasteiger partial charge in [0.05, 0.1) is 6.42 Å². The van der Waals surface area contributed by atoms with Gasteiger partial charge in [-0.2, -0.15) is 0 Å². The van der Waals surface area contributed by atoms with E-state index in [-0.39, 0.29) is 25.5 Å². The van der Waals surface area contributed by atoms with Crippen LogP contribution in [0.15, 0.2) is 54.6 Å². The number of esters is 1. The minimum Gasteiger partial charge on any atom is -0.460 e. The maximum absolute atomic E-state index is 11.8. The van der Waals surface area contributed by atoms with Crippen molar-refractivity contribution in [3.05, 3.63) is 71.3 Å². The summed E-state index contributed by atoms with van der Waals surface area (Å²) in [5.41, 5.74) is 2.93. The Morgan fingerprint density at radius 1 is 1.00 bits per heavy atom. The number of ether oxygens (including phenoxy) is 1. The van der Waals surface area contributed by atoms with Crippen LogP contribution in [0.5, 0.6) is 0 Å². The summed E-state index contributed by atoms with van der Waals surface area (Å²) in [6.45, 7) is 2.06. The van der Waals surface area contributed by atoms with Crippen molar-refractivity contribution in [1.29, 1.82) is 0 Å². The molecule has 0 saturated carbocycles. The van der Waals surface area contributed by atoms with E-state index < -0.39 is 5.97 Å². The summed E-state index contributed by atoms with van der Waals surface area (Å²) in [5.74, 6) is -0.632. The molecule has 0 atom stereocenters. The van der Waals surface area contributed by atoms with Crippen molar-refractivity contribution in [2.75, 3.05) is 6.54 Å². The fourth-order valence-electron chi connectivity index (χ4n) is 2.00. The van der Waals surface area contributed by atoms with Gasteiger partial charge in [0.2, 0.25) is 5.91 Å². The van der Waals surface area contributed by atoms with E-state index in [1.165, 1.54) is 0 Å². The van der Waals surface area contributed by atoms with Crippen molar-refractivity contribution in [1.82, 2.24) is 5.32 Å². The van der Waals surface area contributed by atoms with Crippen LogP contribution in [0, 0.1) is 6.92 Å². The molecule has 0 aliphatic rings. The number of carbonyl (C=O) groups excluding carboxylic acids is 2. The van der Waals surface area contributed by atoms with Crippen molar-refractivity contribution in [2.45, 2.75) is 20.0 Å². The van der Waals surface area contributed by atoms with Gasteiger partial charge in [0.25, 0.3) is 0 Å². The van der Waals surface area contributed by atoms with E-state index in [9.17, 15) is 9.59 Å². The predicted molar refractivity (Wildman–Crippen MR) is 84.1 cm³/mol. The highest BCUT2D eigenvalue weighted by Crippen LogP contribution is 2.07. The molecule has 2 aromatic rings. The van der Waals surface area contributed by atoms with E-state index in [1.54, 1.807) is 0 Å². The summed E-state index contributed by atoms with van der Waals surface area (Å²) >= 11 is 0. The van der Waals surface area contributed by atoms with Crippen LogP contribution >= 0.6 is 0 Å². The van der Waals surface area contributed by atoms with Gasteiger partial charge in [-0.1, -0.05) is 54.6 Å². The summed E-state index contributed by atoms with van der Waals surface area (Å²) in [6.07, 6.45) is 0.263. The van der Waals surface area contributed by atoms with E-state index in [1.807, 2.05) is 61.5 Å². The highest BCUT2D eigenvalue weighted by molar-refractivity contribution is 5.83. The molecule has 1 amide bonds. The van der Waals surface area contributed by atoms with Crippen LogP contribution in [0.2, 0.25) is 0 Å². The first-order chi connectivity index (χ1) is 10.6. The normalized spacial score (nSPS) is 10.0. The zero-order valence-electron chi connectivity index (χ0n) is 12.5. The molecule has 114 valence electrons. The summed E-state index contributed by atoms with van der Waals surface area (Å²) < 4.78 is 5.10. The molecule has 0 spiro atoms. The molecular formula is C18H19NO3. The van der Waals surface area contributed by atoms with E-state index in [0.29, 0.717) is 0 Å². The summed E-state index contributed by atoms with van der Waals surface area (Å²) in [5, 5.41) is 2.58. The lowest BCUT2D eigenvalue weighted by Crippen LogP contribution is -2.31. The third-order valence-electron chi connectivity index (χ3n) is 3.28. The number of benzene rings is 2. The zero-order valence-corrected chi connectivity index (χ0v) is 12.5. The van der Waals surface area contributed by atoms with Gasteiger partial charge in [0.15, 0.2) is 0 Å². The Hall–Kier alpha value is -2.62. The van der Waals surface area contributed by atoms with E-state index >= 15 is 0 Å². The van der Waals surface area contributed by atoms with Crippen LogP contribution in [0.3, 0.4) is 0 Å². The monoisotopic (exact) mass is 297 g/mol. The number of aryl methyl sites for hydroxylation is 1. The minimum atomic E-state index is -0.443. The smallest absolute Gasteiger partial charge is 0.325 e. The number of amides is 1. The Morgan fingerprint density at radius 3 is 2.41 bits per heavy atom. The number of hydrogen-bond acceptors (Lipinski definition) is 3. The lowest BCUT2D eigenvalue weighted by molar-refractivity contribution is -0.145. The third kappa shape index (κ3) is 5.05. The maximum Gasteiger partial charge on any atom is 0.325 e. The van der Waals surface area contributed by atoms with E-state index in [0.717, 1.165) is 16.7 Å². The molecule has 0 saturated heterocycles. The lowest BCUT2D eigenvalue weighted by Gasteiger charge is -2.08. The van der Waals surface area contributed by atoms with E-state index in [4.69, 9.17) is 4.74 Å². The van der Waals surface area contributed by atoms with Gasteiger partial charge >= 0.3 is 5.97 Å². The standard InChI is InChI=1S/C18H19NO3/c1-14-7-5-6-10-16(14)11-17(20)19-12-18(21)22-13-15-8-3-2-4-9-15/h2-10H,11-13H2,1H3,(H,19,20). The molecule has 0 aliphatic carbocycles. The van der Waals surface area contributed by atoms with Crippen LogP contribution in [-0.2, 0) is 27.4 Å². The molecule has 0 bridgehead atoms. The molecule has 0 radical (unpaired) electrons. The molecule has 22 heavy (non-hydrogen) atoms. The van der Waals surface area contributed by atoms with Crippen molar-refractivity contribution < 1.29 is 14.3 Å². The second-order valence-electron chi connectivity index (χ2n) is 5.03. The van der Waals surface area contributed by atoms with Crippen molar-refractivity contribution in [3.63, 3.8) is 0 Å². The highest BCUT2D eigenvalue weighted by atomic mass is 16.5. The van der Waals surface area contributed by atoms with Gasteiger partial charge in [0.1, 0.15) is 13.2 Å². The molecule has 1 N–H and O–H groups in total. The summed E-state index contributed by atoms with van der Waals surface area (Å²) in [4.78, 5) is 23.4. The van der Waals surface area contributed by atoms with Crippen molar-refractivity contribution >= 4 is 11.9 Å². The summed E-state index contributed by atoms with van der Waals surface area (Å²) in [6, 6.07) is 17.1. The van der Waals surface area contributed by atoms with Crippen LogP contribution < -0.4 is 5.32 Å². The quantitative estimate of drug-likeness (QED) is 0.833. The van der Waals surface area contributed by atoms with Gasteiger partial charge in [0, 0.05) is 0 Å². The van der Waals surface area contributed by atoms with E-state index in [2.05, 4.69) is 5.32 Å². The van der Waals surface area contributed by atoms with Crippen LogP contribution in [0.25, 0.3) is 0 Å². The number of hydrogen-bond donors (Lipinski definition) is 1. The van der Waals surface area contributed by atoms with Crippen LogP contribution in [-0.4, -0.2) is 18.4 Å². The van der Waals surface area contributed by atoms with Crippen LogP contribution in [0.1, 0.15) is 16.7 Å². The molecule has 0 aromatic heterocycles. The number of carbonyl (C=O) groups is 2. The lowest BCUT2D eigenvalue weighted by atomic mass is 10.1. The molecule has 2 rings (SSSR count). The SMILES string of the molecule is Cc1ccccc1CC(=O)NCC(=O)OCc1ccccc1. The van der Waals surface area contributed by atoms with Gasteiger partial charge in [-0.15, -0.1) is 0 Å². The second kappa shape index (κ2) is 7.98. The average molecular weight is 297 g/mol. The third-order valence-corrected chi connectivity index (χ3v) is 3.28. The zero-order chi connectivity index (χ0) is 15.8. The number of rotatable bonds is 6. The van der Waals surface area contributed by atoms with Gasteiger partial charge in [-0.05, 0) is 23.6 Å². The van der Waals surface area contributed by atoms with Gasteiger partial charge in [-0.3, -0.25) is 9.59 Å². The fourth-order valence-corrected chi connectivity index (χ4v) is 2.00. The molecular weight excluding hydrogens is 278 g/mol. The molecule has 0 fully saturated rings. The molecule has 0 aliphatic heterocycles. The molecule has 4 nitrogen and oxygen atoms in total. The van der Waals surface area contributed by atoms with Crippen molar-refractivity contribution in [3.8, 4) is 0 Å². The predicted octanol–water partition coefficient (Wildman–Crippen LogP) is 2.40. The number of nitrogens with one attached hydrogen (secondary N) is 1. The molecule has 0 unspecified atom stereocenters. The van der Waals surface area contributed by atoms with Gasteiger partial charge < -0.3 is 10.1 Å². The first-order valence-corrected chi connectivity index (χ1v) is 7.16. The fraction of sp³-hybridized carbons (Fsp3) is 0.222. The maximum atomic E-state index is 11.8. The highest BCUT2D eigenvalue weighted by Gasteiger charge is 2.08. The first-order valence-electron chi connectivity index (χ1n) is 7.16. The molecule has 0 heterocycles. The Balaban J connectivity index is 1.72. The topological polar surface area (TPSA) is 55.4 Å². The molecule has 4 heteroatoms.